The van der Waals surface area contributed by atoms with Crippen LogP contribution in [0.1, 0.15) is 13.8 Å². The molecule has 1 aromatic rings. The van der Waals surface area contributed by atoms with E-state index in [0.29, 0.717) is 21.2 Å². The first kappa shape index (κ1) is 16.8. The van der Waals surface area contributed by atoms with Crippen molar-refractivity contribution in [1.29, 1.82) is 0 Å². The van der Waals surface area contributed by atoms with Crippen LogP contribution in [0.4, 0.5) is 5.69 Å². The fraction of sp³-hybridized carbons (Fsp3) is 0.500. The van der Waals surface area contributed by atoms with Crippen LogP contribution in [0.3, 0.4) is 0 Å². The molecule has 0 aromatic heterocycles. The van der Waals surface area contributed by atoms with Gasteiger partial charge < -0.3 is 10.6 Å². The second-order valence-corrected chi connectivity index (χ2v) is 6.25. The van der Waals surface area contributed by atoms with Crippen LogP contribution in [0.25, 0.3) is 0 Å². The molecule has 1 aliphatic heterocycles. The van der Waals surface area contributed by atoms with Crippen molar-refractivity contribution >= 4 is 46.2 Å². The summed E-state index contributed by atoms with van der Waals surface area (Å²) >= 11 is 17.3. The number of hydrazine groups is 1. The van der Waals surface area contributed by atoms with Gasteiger partial charge in [0.05, 0.1) is 6.04 Å². The molecule has 0 amide bonds. The summed E-state index contributed by atoms with van der Waals surface area (Å²) in [6, 6.07) is 5.61. The molecular formula is C14H20Cl2N4S. The molecule has 116 valence electrons. The van der Waals surface area contributed by atoms with Gasteiger partial charge in [0.1, 0.15) is 0 Å². The first-order chi connectivity index (χ1) is 10.0. The second kappa shape index (κ2) is 7.61. The minimum Gasteiger partial charge on any atom is -0.357 e. The molecule has 4 nitrogen and oxygen atoms in total. The summed E-state index contributed by atoms with van der Waals surface area (Å²) in [6.45, 7) is 8.27. The molecule has 2 rings (SSSR count). The third kappa shape index (κ3) is 4.69. The average Bonchev–Trinajstić information content (AvgIpc) is 2.79. The van der Waals surface area contributed by atoms with Crippen LogP contribution in [0, 0.1) is 0 Å². The van der Waals surface area contributed by atoms with Crippen LogP contribution in [0.15, 0.2) is 18.2 Å². The Kier molecular flexibility index (Phi) is 6.08. The highest BCUT2D eigenvalue weighted by Gasteiger charge is 2.28. The van der Waals surface area contributed by atoms with Gasteiger partial charge in [-0.2, -0.15) is 0 Å². The Morgan fingerprint density at radius 3 is 2.14 bits per heavy atom. The van der Waals surface area contributed by atoms with E-state index >= 15 is 0 Å². The normalized spacial score (nSPS) is 17.1. The molecule has 0 radical (unpaired) electrons. The number of hydrogen-bond donors (Lipinski definition) is 2. The quantitative estimate of drug-likeness (QED) is 0.817. The number of nitrogens with one attached hydrogen (secondary N) is 2. The number of halogens is 2. The predicted molar refractivity (Wildman–Crippen MR) is 94.1 cm³/mol. The molecule has 7 heteroatoms. The molecule has 21 heavy (non-hydrogen) atoms. The van der Waals surface area contributed by atoms with Crippen molar-refractivity contribution < 1.29 is 0 Å². The number of benzene rings is 1. The number of rotatable bonds is 4. The summed E-state index contributed by atoms with van der Waals surface area (Å²) in [7, 11) is 0. The van der Waals surface area contributed by atoms with Gasteiger partial charge in [0, 0.05) is 41.9 Å². The fourth-order valence-corrected chi connectivity index (χ4v) is 3.34. The maximum Gasteiger partial charge on any atom is 0.171 e. The lowest BCUT2D eigenvalue weighted by Crippen LogP contribution is -2.41. The molecule has 1 heterocycles. The van der Waals surface area contributed by atoms with Crippen LogP contribution in [-0.4, -0.2) is 47.4 Å². The zero-order valence-electron chi connectivity index (χ0n) is 12.2. The Balaban J connectivity index is 1.90. The van der Waals surface area contributed by atoms with Gasteiger partial charge >= 0.3 is 0 Å². The monoisotopic (exact) mass is 346 g/mol. The van der Waals surface area contributed by atoms with E-state index in [0.717, 1.165) is 31.9 Å². The Labute approximate surface area is 141 Å². The third-order valence-corrected chi connectivity index (χ3v) is 4.10. The van der Waals surface area contributed by atoms with Crippen molar-refractivity contribution in [2.75, 3.05) is 31.5 Å². The Hall–Kier alpha value is -0.590. The van der Waals surface area contributed by atoms with E-state index in [9.17, 15) is 0 Å². The van der Waals surface area contributed by atoms with Crippen molar-refractivity contribution in [1.82, 2.24) is 15.3 Å². The van der Waals surface area contributed by atoms with Crippen molar-refractivity contribution in [2.45, 2.75) is 19.9 Å². The van der Waals surface area contributed by atoms with E-state index in [2.05, 4.69) is 34.5 Å². The van der Waals surface area contributed by atoms with Crippen LogP contribution in [0.5, 0.6) is 0 Å². The van der Waals surface area contributed by atoms with Gasteiger partial charge in [-0.25, -0.2) is 10.0 Å². The number of anilines is 1. The number of likely N-dealkylation sites (N-methyl/N-ethyl adjacent to an activating group) is 2. The van der Waals surface area contributed by atoms with E-state index in [1.165, 1.54) is 0 Å². The molecule has 1 saturated heterocycles. The molecule has 0 atom stereocenters. The number of nitrogens with zero attached hydrogens (tertiary/aromatic N) is 2. The van der Waals surface area contributed by atoms with Crippen LogP contribution in [-0.2, 0) is 0 Å². The SMILES string of the molecule is CCN1CC(NC(=S)Nc2cc(Cl)cc(Cl)c2)CN1CC. The lowest BCUT2D eigenvalue weighted by molar-refractivity contribution is 0.0388. The van der Waals surface area contributed by atoms with Gasteiger partial charge in [-0.1, -0.05) is 37.0 Å². The van der Waals surface area contributed by atoms with Crippen LogP contribution < -0.4 is 10.6 Å². The fourth-order valence-electron chi connectivity index (χ4n) is 2.53. The van der Waals surface area contributed by atoms with Crippen molar-refractivity contribution in [3.05, 3.63) is 28.2 Å². The van der Waals surface area contributed by atoms with E-state index in [-0.39, 0.29) is 0 Å². The largest absolute Gasteiger partial charge is 0.357 e. The van der Waals surface area contributed by atoms with Gasteiger partial charge in [0.2, 0.25) is 0 Å². The van der Waals surface area contributed by atoms with Crippen LogP contribution in [0.2, 0.25) is 10.0 Å². The third-order valence-electron chi connectivity index (χ3n) is 3.45. The van der Waals surface area contributed by atoms with Gasteiger partial charge in [-0.3, -0.25) is 0 Å². The highest BCUT2D eigenvalue weighted by atomic mass is 35.5. The summed E-state index contributed by atoms with van der Waals surface area (Å²) < 4.78 is 0. The van der Waals surface area contributed by atoms with Crippen molar-refractivity contribution in [2.24, 2.45) is 0 Å². The first-order valence-electron chi connectivity index (χ1n) is 7.05. The summed E-state index contributed by atoms with van der Waals surface area (Å²) in [5.41, 5.74) is 0.794. The molecule has 2 N–H and O–H groups in total. The zero-order valence-corrected chi connectivity index (χ0v) is 14.5. The van der Waals surface area contributed by atoms with Crippen molar-refractivity contribution in [3.63, 3.8) is 0 Å². The van der Waals surface area contributed by atoms with Gasteiger partial charge in [-0.05, 0) is 30.4 Å². The van der Waals surface area contributed by atoms with Gasteiger partial charge in [0.15, 0.2) is 5.11 Å². The smallest absolute Gasteiger partial charge is 0.171 e. The summed E-state index contributed by atoms with van der Waals surface area (Å²) in [4.78, 5) is 0. The topological polar surface area (TPSA) is 30.5 Å². The Morgan fingerprint density at radius 2 is 1.67 bits per heavy atom. The molecule has 0 unspecified atom stereocenters. The summed E-state index contributed by atoms with van der Waals surface area (Å²) in [5, 5.41) is 12.9. The summed E-state index contributed by atoms with van der Waals surface area (Å²) in [5.74, 6) is 0. The molecule has 0 aliphatic carbocycles. The second-order valence-electron chi connectivity index (χ2n) is 4.96. The molecular weight excluding hydrogens is 327 g/mol. The van der Waals surface area contributed by atoms with Gasteiger partial charge in [0.25, 0.3) is 0 Å². The molecule has 0 bridgehead atoms. The first-order valence-corrected chi connectivity index (χ1v) is 8.21. The van der Waals surface area contributed by atoms with Gasteiger partial charge in [-0.15, -0.1) is 0 Å². The molecule has 1 fully saturated rings. The minimum absolute atomic E-state index is 0.319. The average molecular weight is 347 g/mol. The molecule has 0 saturated carbocycles. The van der Waals surface area contributed by atoms with Crippen LogP contribution >= 0.6 is 35.4 Å². The predicted octanol–water partition coefficient (Wildman–Crippen LogP) is 3.22. The van der Waals surface area contributed by atoms with E-state index in [1.807, 2.05) is 0 Å². The maximum atomic E-state index is 5.98. The minimum atomic E-state index is 0.319. The van der Waals surface area contributed by atoms with Crippen molar-refractivity contribution in [3.8, 4) is 0 Å². The number of thiocarbonyl (C=S) groups is 1. The highest BCUT2D eigenvalue weighted by molar-refractivity contribution is 7.80. The van der Waals surface area contributed by atoms with E-state index < -0.39 is 0 Å². The number of hydrogen-bond acceptors (Lipinski definition) is 3. The lowest BCUT2D eigenvalue weighted by Gasteiger charge is -2.24. The lowest BCUT2D eigenvalue weighted by atomic mass is 10.3. The highest BCUT2D eigenvalue weighted by Crippen LogP contribution is 2.22. The zero-order chi connectivity index (χ0) is 15.4. The Bertz CT molecular complexity index is 479. The van der Waals surface area contributed by atoms with E-state index in [4.69, 9.17) is 35.4 Å². The summed E-state index contributed by atoms with van der Waals surface area (Å²) in [6.07, 6.45) is 0. The molecule has 1 aromatic carbocycles. The molecule has 1 aliphatic rings. The standard InChI is InChI=1S/C14H20Cl2N4S/c1-3-19-8-13(9-20(19)4-2)18-14(21)17-12-6-10(15)5-11(16)7-12/h5-7,13H,3-4,8-9H2,1-2H3,(H2,17,18,21). The Morgan fingerprint density at radius 1 is 1.14 bits per heavy atom. The maximum absolute atomic E-state index is 5.98. The molecule has 0 spiro atoms. The van der Waals surface area contributed by atoms with E-state index in [1.54, 1.807) is 18.2 Å².